The summed E-state index contributed by atoms with van der Waals surface area (Å²) >= 11 is 5.85. The van der Waals surface area contributed by atoms with Crippen LogP contribution in [-0.4, -0.2) is 18.2 Å². The van der Waals surface area contributed by atoms with E-state index in [0.717, 1.165) is 0 Å². The number of anilines is 1. The van der Waals surface area contributed by atoms with Gasteiger partial charge in [0.2, 0.25) is 0 Å². The van der Waals surface area contributed by atoms with Crippen LogP contribution in [0.15, 0.2) is 18.2 Å². The Morgan fingerprint density at radius 2 is 2.05 bits per heavy atom. The van der Waals surface area contributed by atoms with Crippen molar-refractivity contribution in [3.8, 4) is 6.07 Å². The fraction of sp³-hybridized carbons (Fsp3) is 0.400. The van der Waals surface area contributed by atoms with Gasteiger partial charge in [-0.1, -0.05) is 11.6 Å². The summed E-state index contributed by atoms with van der Waals surface area (Å²) in [5.41, 5.74) is 0.552. The van der Waals surface area contributed by atoms with Gasteiger partial charge in [-0.2, -0.15) is 5.26 Å². The number of amides is 1. The van der Waals surface area contributed by atoms with Crippen LogP contribution < -0.4 is 4.90 Å². The maximum atomic E-state index is 12.0. The van der Waals surface area contributed by atoms with Crippen molar-refractivity contribution < 1.29 is 9.59 Å². The molecule has 1 amide bonds. The number of nitriles is 1. The number of Topliss-reactive ketones (excluding diaryl/α,β-unsaturated/α-hetero) is 1. The number of halogens is 1. The summed E-state index contributed by atoms with van der Waals surface area (Å²) in [7, 11) is 0. The van der Waals surface area contributed by atoms with Crippen LogP contribution in [-0.2, 0) is 4.79 Å². The lowest BCUT2D eigenvalue weighted by molar-refractivity contribution is -0.114. The second kappa shape index (κ2) is 5.26. The van der Waals surface area contributed by atoms with Crippen LogP contribution in [0.4, 0.5) is 5.69 Å². The Morgan fingerprint density at radius 3 is 2.70 bits per heavy atom. The average Bonchev–Trinajstić information content (AvgIpc) is 2.63. The summed E-state index contributed by atoms with van der Waals surface area (Å²) in [4.78, 5) is 25.3. The molecule has 20 heavy (non-hydrogen) atoms. The van der Waals surface area contributed by atoms with Crippen molar-refractivity contribution in [2.45, 2.75) is 26.7 Å². The Balaban J connectivity index is 2.13. The molecule has 0 aliphatic carbocycles. The van der Waals surface area contributed by atoms with Gasteiger partial charge in [0.05, 0.1) is 22.7 Å². The molecule has 0 N–H and O–H groups in total. The van der Waals surface area contributed by atoms with Gasteiger partial charge in [-0.05, 0) is 44.9 Å². The SMILES string of the molecule is CC(C)(C#N)CCCN1C(=O)C(=O)c2cc(Cl)ccc21. The van der Waals surface area contributed by atoms with Crippen molar-refractivity contribution in [3.05, 3.63) is 28.8 Å². The number of rotatable bonds is 4. The predicted octanol–water partition coefficient (Wildman–Crippen LogP) is 3.20. The molecule has 1 aromatic carbocycles. The standard InChI is InChI=1S/C15H15ClN2O2/c1-15(2,9-17)6-3-7-18-12-5-4-10(16)8-11(12)13(19)14(18)20/h4-5,8H,3,6-7H2,1-2H3. The topological polar surface area (TPSA) is 61.2 Å². The number of carbonyl (C=O) groups excluding carboxylic acids is 2. The third-order valence-corrected chi connectivity index (χ3v) is 3.65. The van der Waals surface area contributed by atoms with E-state index >= 15 is 0 Å². The molecule has 0 unspecified atom stereocenters. The van der Waals surface area contributed by atoms with Gasteiger partial charge in [0.25, 0.3) is 11.7 Å². The molecule has 0 saturated heterocycles. The normalized spacial score (nSPS) is 14.4. The highest BCUT2D eigenvalue weighted by molar-refractivity contribution is 6.52. The molecular formula is C15H15ClN2O2. The van der Waals surface area contributed by atoms with Crippen molar-refractivity contribution in [1.29, 1.82) is 5.26 Å². The van der Waals surface area contributed by atoms with Crippen LogP contribution in [0.3, 0.4) is 0 Å². The smallest absolute Gasteiger partial charge is 0.299 e. The van der Waals surface area contributed by atoms with Crippen molar-refractivity contribution in [2.75, 3.05) is 11.4 Å². The largest absolute Gasteiger partial charge is 0.305 e. The van der Waals surface area contributed by atoms with Crippen LogP contribution in [0.25, 0.3) is 0 Å². The van der Waals surface area contributed by atoms with Gasteiger partial charge in [0.15, 0.2) is 0 Å². The number of benzene rings is 1. The quantitative estimate of drug-likeness (QED) is 0.800. The maximum Gasteiger partial charge on any atom is 0.299 e. The lowest BCUT2D eigenvalue weighted by Gasteiger charge is -2.19. The second-order valence-electron chi connectivity index (χ2n) is 5.55. The molecule has 4 nitrogen and oxygen atoms in total. The summed E-state index contributed by atoms with van der Waals surface area (Å²) in [5, 5.41) is 9.41. The molecule has 0 spiro atoms. The summed E-state index contributed by atoms with van der Waals surface area (Å²) in [6.45, 7) is 4.15. The molecule has 1 heterocycles. The first kappa shape index (κ1) is 14.5. The van der Waals surface area contributed by atoms with Crippen molar-refractivity contribution in [2.24, 2.45) is 5.41 Å². The molecule has 1 aromatic rings. The minimum atomic E-state index is -0.517. The van der Waals surface area contributed by atoms with Gasteiger partial charge in [0, 0.05) is 11.6 Å². The number of carbonyl (C=O) groups is 2. The molecule has 1 aliphatic rings. The predicted molar refractivity (Wildman–Crippen MR) is 76.8 cm³/mol. The molecule has 0 bridgehead atoms. The van der Waals surface area contributed by atoms with E-state index in [9.17, 15) is 9.59 Å². The van der Waals surface area contributed by atoms with E-state index in [0.29, 0.717) is 35.7 Å². The minimum absolute atomic E-state index is 0.363. The number of fused-ring (bicyclic) bond motifs is 1. The molecular weight excluding hydrogens is 276 g/mol. The molecule has 5 heteroatoms. The second-order valence-corrected chi connectivity index (χ2v) is 5.98. The van der Waals surface area contributed by atoms with Crippen LogP contribution in [0.2, 0.25) is 5.02 Å². The van der Waals surface area contributed by atoms with Crippen molar-refractivity contribution in [3.63, 3.8) is 0 Å². The highest BCUT2D eigenvalue weighted by atomic mass is 35.5. The van der Waals surface area contributed by atoms with Crippen LogP contribution in [0.1, 0.15) is 37.0 Å². The van der Waals surface area contributed by atoms with Gasteiger partial charge < -0.3 is 4.90 Å². The first-order valence-electron chi connectivity index (χ1n) is 6.43. The molecule has 2 rings (SSSR count). The number of hydrogen-bond donors (Lipinski definition) is 0. The number of nitrogens with zero attached hydrogens (tertiary/aromatic N) is 2. The van der Waals surface area contributed by atoms with Gasteiger partial charge in [-0.25, -0.2) is 0 Å². The molecule has 104 valence electrons. The van der Waals surface area contributed by atoms with Gasteiger partial charge in [0.1, 0.15) is 0 Å². The number of ketones is 1. The highest BCUT2D eigenvalue weighted by Gasteiger charge is 2.35. The monoisotopic (exact) mass is 290 g/mol. The molecule has 0 radical (unpaired) electrons. The van der Waals surface area contributed by atoms with Gasteiger partial charge in [-0.15, -0.1) is 0 Å². The zero-order valence-electron chi connectivity index (χ0n) is 11.4. The number of hydrogen-bond acceptors (Lipinski definition) is 3. The molecule has 0 atom stereocenters. The Bertz CT molecular complexity index is 617. The first-order valence-corrected chi connectivity index (χ1v) is 6.80. The summed E-state index contributed by atoms with van der Waals surface area (Å²) in [6.07, 6.45) is 1.34. The summed E-state index contributed by atoms with van der Waals surface area (Å²) in [6, 6.07) is 7.11. The van der Waals surface area contributed by atoms with E-state index < -0.39 is 17.1 Å². The maximum absolute atomic E-state index is 12.0. The third-order valence-electron chi connectivity index (χ3n) is 3.42. The van der Waals surface area contributed by atoms with E-state index in [1.807, 2.05) is 13.8 Å². The van der Waals surface area contributed by atoms with Crippen LogP contribution in [0.5, 0.6) is 0 Å². The molecule has 0 aromatic heterocycles. The van der Waals surface area contributed by atoms with Crippen LogP contribution in [0, 0.1) is 16.7 Å². The van der Waals surface area contributed by atoms with Crippen LogP contribution >= 0.6 is 11.6 Å². The minimum Gasteiger partial charge on any atom is -0.305 e. The Kier molecular flexibility index (Phi) is 3.82. The Labute approximate surface area is 122 Å². The molecule has 1 aliphatic heterocycles. The molecule has 0 saturated carbocycles. The first-order chi connectivity index (χ1) is 9.35. The van der Waals surface area contributed by atoms with E-state index in [2.05, 4.69) is 6.07 Å². The Hall–Kier alpha value is -1.86. The lowest BCUT2D eigenvalue weighted by Crippen LogP contribution is -2.31. The van der Waals surface area contributed by atoms with Gasteiger partial charge in [-0.3, -0.25) is 9.59 Å². The Morgan fingerprint density at radius 1 is 1.35 bits per heavy atom. The molecule has 0 fully saturated rings. The van der Waals surface area contributed by atoms with Crippen molar-refractivity contribution in [1.82, 2.24) is 0 Å². The summed E-state index contributed by atoms with van der Waals surface area (Å²) in [5.74, 6) is -1.03. The van der Waals surface area contributed by atoms with Crippen molar-refractivity contribution >= 4 is 29.0 Å². The fourth-order valence-corrected chi connectivity index (χ4v) is 2.40. The summed E-state index contributed by atoms with van der Waals surface area (Å²) < 4.78 is 0. The highest BCUT2D eigenvalue weighted by Crippen LogP contribution is 2.32. The van der Waals surface area contributed by atoms with E-state index in [-0.39, 0.29) is 0 Å². The zero-order valence-corrected chi connectivity index (χ0v) is 12.2. The third kappa shape index (κ3) is 2.68. The lowest BCUT2D eigenvalue weighted by atomic mass is 9.90. The van der Waals surface area contributed by atoms with Gasteiger partial charge >= 0.3 is 0 Å². The van der Waals surface area contributed by atoms with E-state index in [1.54, 1.807) is 12.1 Å². The van der Waals surface area contributed by atoms with E-state index in [1.165, 1.54) is 11.0 Å². The fourth-order valence-electron chi connectivity index (χ4n) is 2.23. The average molecular weight is 291 g/mol. The zero-order chi connectivity index (χ0) is 14.9. The van der Waals surface area contributed by atoms with E-state index in [4.69, 9.17) is 16.9 Å².